The van der Waals surface area contributed by atoms with Crippen LogP contribution in [0.1, 0.15) is 10.4 Å². The number of rotatable bonds is 3. The Labute approximate surface area is 114 Å². The van der Waals surface area contributed by atoms with E-state index in [0.717, 1.165) is 6.07 Å². The first-order valence-corrected chi connectivity index (χ1v) is 5.77. The maximum atomic E-state index is 13.7. The van der Waals surface area contributed by atoms with Crippen LogP contribution in [0.4, 0.5) is 4.39 Å². The molecule has 0 aliphatic rings. The molecular formula is C14H10ClFO3. The van der Waals surface area contributed by atoms with Crippen molar-refractivity contribution >= 4 is 17.6 Å². The summed E-state index contributed by atoms with van der Waals surface area (Å²) in [6.45, 7) is 0. The minimum absolute atomic E-state index is 0.364. The molecular weight excluding hydrogens is 271 g/mol. The van der Waals surface area contributed by atoms with Crippen LogP contribution < -0.4 is 4.74 Å². The Morgan fingerprint density at radius 1 is 1.26 bits per heavy atom. The molecule has 2 aromatic rings. The first kappa shape index (κ1) is 13.4. The van der Waals surface area contributed by atoms with Crippen molar-refractivity contribution in [2.75, 3.05) is 7.11 Å². The summed E-state index contributed by atoms with van der Waals surface area (Å²) in [5, 5.41) is 9.29. The summed E-state index contributed by atoms with van der Waals surface area (Å²) in [6.07, 6.45) is 0. The van der Waals surface area contributed by atoms with Gasteiger partial charge < -0.3 is 9.84 Å². The van der Waals surface area contributed by atoms with Crippen LogP contribution in [-0.4, -0.2) is 18.2 Å². The second kappa shape index (κ2) is 5.28. The Morgan fingerprint density at radius 3 is 2.58 bits per heavy atom. The monoisotopic (exact) mass is 280 g/mol. The Kier molecular flexibility index (Phi) is 3.71. The highest BCUT2D eigenvalue weighted by Crippen LogP contribution is 2.33. The van der Waals surface area contributed by atoms with Crippen LogP contribution in [-0.2, 0) is 0 Å². The van der Waals surface area contributed by atoms with Crippen LogP contribution in [0.25, 0.3) is 11.1 Å². The number of benzene rings is 2. The van der Waals surface area contributed by atoms with Crippen molar-refractivity contribution in [1.29, 1.82) is 0 Å². The number of carboxylic acids is 1. The molecule has 2 aromatic carbocycles. The molecule has 0 spiro atoms. The average Bonchev–Trinajstić information content (AvgIpc) is 2.37. The Balaban J connectivity index is 2.54. The molecule has 0 saturated carbocycles. The van der Waals surface area contributed by atoms with Crippen molar-refractivity contribution < 1.29 is 19.0 Å². The Morgan fingerprint density at radius 2 is 2.00 bits per heavy atom. The van der Waals surface area contributed by atoms with E-state index >= 15 is 0 Å². The second-order valence-electron chi connectivity index (χ2n) is 3.84. The van der Waals surface area contributed by atoms with Crippen LogP contribution in [0.15, 0.2) is 36.4 Å². The second-order valence-corrected chi connectivity index (χ2v) is 4.28. The smallest absolute Gasteiger partial charge is 0.338 e. The van der Waals surface area contributed by atoms with Gasteiger partial charge in [0.05, 0.1) is 12.7 Å². The minimum atomic E-state index is -1.30. The summed E-state index contributed by atoms with van der Waals surface area (Å²) in [5.41, 5.74) is 0.801. The van der Waals surface area contributed by atoms with Gasteiger partial charge in [-0.1, -0.05) is 17.7 Å². The Hall–Kier alpha value is -2.07. The van der Waals surface area contributed by atoms with E-state index < -0.39 is 11.8 Å². The molecule has 0 saturated heterocycles. The summed E-state index contributed by atoms with van der Waals surface area (Å²) in [6, 6.07) is 8.87. The molecule has 98 valence electrons. The molecule has 0 aliphatic heterocycles. The predicted octanol–water partition coefficient (Wildman–Crippen LogP) is 3.85. The fourth-order valence-corrected chi connectivity index (χ4v) is 1.92. The van der Waals surface area contributed by atoms with E-state index in [9.17, 15) is 9.18 Å². The minimum Gasteiger partial charge on any atom is -0.496 e. The van der Waals surface area contributed by atoms with Crippen LogP contribution >= 0.6 is 11.6 Å². The molecule has 0 atom stereocenters. The lowest BCUT2D eigenvalue weighted by molar-refractivity contribution is 0.0692. The van der Waals surface area contributed by atoms with Gasteiger partial charge in [0.15, 0.2) is 0 Å². The highest BCUT2D eigenvalue weighted by atomic mass is 35.5. The van der Waals surface area contributed by atoms with Gasteiger partial charge in [-0.05, 0) is 35.9 Å². The predicted molar refractivity (Wildman–Crippen MR) is 70.4 cm³/mol. The SMILES string of the molecule is COc1cc(Cl)ccc1-c1ccc(C(=O)O)c(F)c1. The van der Waals surface area contributed by atoms with Gasteiger partial charge >= 0.3 is 5.97 Å². The lowest BCUT2D eigenvalue weighted by Crippen LogP contribution is -2.00. The van der Waals surface area contributed by atoms with Crippen LogP contribution in [0, 0.1) is 5.82 Å². The van der Waals surface area contributed by atoms with Gasteiger partial charge in [0, 0.05) is 10.6 Å². The summed E-state index contributed by atoms with van der Waals surface area (Å²) in [5.74, 6) is -1.59. The highest BCUT2D eigenvalue weighted by molar-refractivity contribution is 6.30. The quantitative estimate of drug-likeness (QED) is 0.929. The lowest BCUT2D eigenvalue weighted by atomic mass is 10.0. The van der Waals surface area contributed by atoms with Crippen molar-refractivity contribution in [2.45, 2.75) is 0 Å². The normalized spacial score (nSPS) is 10.3. The van der Waals surface area contributed by atoms with Crippen LogP contribution in [0.2, 0.25) is 5.02 Å². The van der Waals surface area contributed by atoms with Gasteiger partial charge in [0.2, 0.25) is 0 Å². The number of carboxylic acid groups (broad SMARTS) is 1. The summed E-state index contributed by atoms with van der Waals surface area (Å²) < 4.78 is 18.8. The fourth-order valence-electron chi connectivity index (χ4n) is 1.76. The van der Waals surface area contributed by atoms with Gasteiger partial charge in [-0.15, -0.1) is 0 Å². The standard InChI is InChI=1S/C14H10ClFO3/c1-19-13-7-9(15)3-5-10(13)8-2-4-11(14(17)18)12(16)6-8/h2-7H,1H3,(H,17,18). The van der Waals surface area contributed by atoms with Crippen molar-refractivity contribution in [3.63, 3.8) is 0 Å². The molecule has 3 nitrogen and oxygen atoms in total. The van der Waals surface area contributed by atoms with Crippen LogP contribution in [0.5, 0.6) is 5.75 Å². The van der Waals surface area contributed by atoms with Gasteiger partial charge in [-0.25, -0.2) is 9.18 Å². The van der Waals surface area contributed by atoms with E-state index in [4.69, 9.17) is 21.4 Å². The van der Waals surface area contributed by atoms with Crippen molar-refractivity contribution in [1.82, 2.24) is 0 Å². The zero-order valence-electron chi connectivity index (χ0n) is 9.98. The molecule has 0 heterocycles. The third-order valence-corrected chi connectivity index (χ3v) is 2.91. The molecule has 19 heavy (non-hydrogen) atoms. The van der Waals surface area contributed by atoms with E-state index in [1.165, 1.54) is 19.2 Å². The van der Waals surface area contributed by atoms with E-state index in [-0.39, 0.29) is 5.56 Å². The number of halogens is 2. The largest absolute Gasteiger partial charge is 0.496 e. The number of aromatic carboxylic acids is 1. The molecule has 0 aromatic heterocycles. The topological polar surface area (TPSA) is 46.5 Å². The maximum absolute atomic E-state index is 13.7. The van der Waals surface area contributed by atoms with Crippen molar-refractivity contribution in [3.8, 4) is 16.9 Å². The van der Waals surface area contributed by atoms with E-state index in [1.807, 2.05) is 0 Å². The number of hydrogen-bond acceptors (Lipinski definition) is 2. The molecule has 0 fully saturated rings. The van der Waals surface area contributed by atoms with Crippen molar-refractivity contribution in [3.05, 3.63) is 52.8 Å². The molecule has 0 bridgehead atoms. The van der Waals surface area contributed by atoms with E-state index in [0.29, 0.717) is 21.9 Å². The number of methoxy groups -OCH3 is 1. The fraction of sp³-hybridized carbons (Fsp3) is 0.0714. The number of carbonyl (C=O) groups is 1. The molecule has 5 heteroatoms. The molecule has 1 N–H and O–H groups in total. The lowest BCUT2D eigenvalue weighted by Gasteiger charge is -2.09. The van der Waals surface area contributed by atoms with Gasteiger partial charge in [0.1, 0.15) is 11.6 Å². The Bertz CT molecular complexity index is 641. The maximum Gasteiger partial charge on any atom is 0.338 e. The van der Waals surface area contributed by atoms with Crippen LogP contribution in [0.3, 0.4) is 0 Å². The summed E-state index contributed by atoms with van der Waals surface area (Å²) in [4.78, 5) is 10.8. The molecule has 0 radical (unpaired) electrons. The van der Waals surface area contributed by atoms with Gasteiger partial charge in [0.25, 0.3) is 0 Å². The zero-order chi connectivity index (χ0) is 14.0. The number of ether oxygens (including phenoxy) is 1. The summed E-state index contributed by atoms with van der Waals surface area (Å²) in [7, 11) is 1.48. The third-order valence-electron chi connectivity index (χ3n) is 2.67. The first-order chi connectivity index (χ1) is 9.02. The zero-order valence-corrected chi connectivity index (χ0v) is 10.7. The number of hydrogen-bond donors (Lipinski definition) is 1. The highest BCUT2D eigenvalue weighted by Gasteiger charge is 2.13. The van der Waals surface area contributed by atoms with E-state index in [1.54, 1.807) is 18.2 Å². The van der Waals surface area contributed by atoms with E-state index in [2.05, 4.69) is 0 Å². The molecule has 0 unspecified atom stereocenters. The molecule has 2 rings (SSSR count). The first-order valence-electron chi connectivity index (χ1n) is 5.39. The van der Waals surface area contributed by atoms with Gasteiger partial charge in [-0.3, -0.25) is 0 Å². The summed E-state index contributed by atoms with van der Waals surface area (Å²) >= 11 is 5.85. The third kappa shape index (κ3) is 2.69. The average molecular weight is 281 g/mol. The molecule has 0 aliphatic carbocycles. The van der Waals surface area contributed by atoms with Gasteiger partial charge in [-0.2, -0.15) is 0 Å². The molecule has 0 amide bonds. The van der Waals surface area contributed by atoms with Crippen molar-refractivity contribution in [2.24, 2.45) is 0 Å².